The van der Waals surface area contributed by atoms with Gasteiger partial charge in [-0.05, 0) is 43.0 Å². The van der Waals surface area contributed by atoms with E-state index in [9.17, 15) is 14.7 Å². The summed E-state index contributed by atoms with van der Waals surface area (Å²) in [6.45, 7) is 6.73. The molecular formula is C25H40NNaO4. The van der Waals surface area contributed by atoms with Crippen molar-refractivity contribution in [3.8, 4) is 5.75 Å². The predicted octanol–water partition coefficient (Wildman–Crippen LogP) is 1.88. The van der Waals surface area contributed by atoms with Gasteiger partial charge in [0.2, 0.25) is 0 Å². The van der Waals surface area contributed by atoms with Crippen LogP contribution in [-0.4, -0.2) is 24.5 Å². The van der Waals surface area contributed by atoms with Gasteiger partial charge in [0, 0.05) is 5.56 Å². The van der Waals surface area contributed by atoms with Gasteiger partial charge < -0.3 is 20.0 Å². The molecule has 170 valence electrons. The van der Waals surface area contributed by atoms with Gasteiger partial charge in [-0.2, -0.15) is 0 Å². The van der Waals surface area contributed by atoms with E-state index in [1.54, 1.807) is 24.3 Å². The Balaban J connectivity index is 0.00000900. The van der Waals surface area contributed by atoms with Crippen LogP contribution >= 0.6 is 0 Å². The first-order valence-electron chi connectivity index (χ1n) is 11.7. The van der Waals surface area contributed by atoms with Crippen LogP contribution in [0.2, 0.25) is 0 Å². The van der Waals surface area contributed by atoms with Crippen LogP contribution in [0, 0.1) is 5.92 Å². The van der Waals surface area contributed by atoms with Gasteiger partial charge in [-0.15, -0.1) is 0 Å². The number of rotatable bonds is 17. The molecule has 0 aliphatic carbocycles. The summed E-state index contributed by atoms with van der Waals surface area (Å²) in [5.74, 6) is -0.796. The Labute approximate surface area is 211 Å². The number of hydrogen-bond donors (Lipinski definition) is 1. The molecule has 5 nitrogen and oxygen atoms in total. The minimum Gasteiger partial charge on any atom is -0.548 e. The molecule has 0 spiro atoms. The van der Waals surface area contributed by atoms with Gasteiger partial charge in [0.25, 0.3) is 5.91 Å². The van der Waals surface area contributed by atoms with E-state index < -0.39 is 17.9 Å². The molecule has 0 saturated carbocycles. The van der Waals surface area contributed by atoms with Gasteiger partial charge in [-0.25, -0.2) is 0 Å². The first kappa shape index (κ1) is 30.0. The number of carboxylic acids is 1. The van der Waals surface area contributed by atoms with E-state index in [4.69, 9.17) is 4.74 Å². The third kappa shape index (κ3) is 14.6. The summed E-state index contributed by atoms with van der Waals surface area (Å²) >= 11 is 0. The molecule has 31 heavy (non-hydrogen) atoms. The first-order chi connectivity index (χ1) is 14.4. The molecule has 0 unspecified atom stereocenters. The smallest absolute Gasteiger partial charge is 0.548 e. The van der Waals surface area contributed by atoms with Gasteiger partial charge in [-0.1, -0.05) is 78.6 Å². The maximum absolute atomic E-state index is 12.3. The molecule has 1 aromatic carbocycles. The Morgan fingerprint density at radius 2 is 1.42 bits per heavy atom. The van der Waals surface area contributed by atoms with E-state index in [0.29, 0.717) is 18.6 Å². The Morgan fingerprint density at radius 3 is 1.90 bits per heavy atom. The van der Waals surface area contributed by atoms with E-state index in [-0.39, 0.29) is 35.5 Å². The van der Waals surface area contributed by atoms with Crippen LogP contribution in [0.5, 0.6) is 5.75 Å². The Morgan fingerprint density at radius 1 is 0.903 bits per heavy atom. The van der Waals surface area contributed by atoms with Crippen molar-refractivity contribution in [1.82, 2.24) is 5.32 Å². The number of benzene rings is 1. The Bertz CT molecular complexity index is 604. The Hall–Kier alpha value is -1.04. The maximum atomic E-state index is 12.3. The topological polar surface area (TPSA) is 78.5 Å². The summed E-state index contributed by atoms with van der Waals surface area (Å²) in [4.78, 5) is 23.5. The number of aliphatic carboxylic acids is 1. The van der Waals surface area contributed by atoms with Crippen LogP contribution in [0.3, 0.4) is 0 Å². The van der Waals surface area contributed by atoms with Gasteiger partial charge in [-0.3, -0.25) is 4.79 Å². The van der Waals surface area contributed by atoms with Crippen LogP contribution in [0.4, 0.5) is 0 Å². The van der Waals surface area contributed by atoms with E-state index >= 15 is 0 Å². The van der Waals surface area contributed by atoms with Crippen LogP contribution < -0.4 is 44.7 Å². The Kier molecular flexibility index (Phi) is 17.9. The molecular weight excluding hydrogens is 401 g/mol. The molecule has 1 atom stereocenters. The van der Waals surface area contributed by atoms with Crippen LogP contribution in [0.15, 0.2) is 24.3 Å². The fourth-order valence-electron chi connectivity index (χ4n) is 3.41. The van der Waals surface area contributed by atoms with Crippen molar-refractivity contribution < 1.29 is 49.0 Å². The summed E-state index contributed by atoms with van der Waals surface area (Å²) in [6, 6.07) is 5.84. The van der Waals surface area contributed by atoms with Crippen LogP contribution in [0.1, 0.15) is 102 Å². The second-order valence-electron chi connectivity index (χ2n) is 8.53. The molecule has 0 aromatic heterocycles. The zero-order valence-electron chi connectivity index (χ0n) is 20.1. The van der Waals surface area contributed by atoms with Gasteiger partial charge >= 0.3 is 29.6 Å². The monoisotopic (exact) mass is 441 g/mol. The van der Waals surface area contributed by atoms with Crippen molar-refractivity contribution in [2.24, 2.45) is 5.92 Å². The van der Waals surface area contributed by atoms with Crippen LogP contribution in [-0.2, 0) is 4.79 Å². The molecule has 0 bridgehead atoms. The fraction of sp³-hybridized carbons (Fsp3) is 0.680. The number of carboxylic acid groups (broad SMARTS) is 1. The summed E-state index contributed by atoms with van der Waals surface area (Å²) < 4.78 is 5.75. The molecule has 0 radical (unpaired) electrons. The number of carbonyl (C=O) groups excluding carboxylic acids is 2. The zero-order valence-corrected chi connectivity index (χ0v) is 22.1. The average Bonchev–Trinajstić information content (AvgIpc) is 2.71. The predicted molar refractivity (Wildman–Crippen MR) is 119 cm³/mol. The molecule has 1 N–H and O–H groups in total. The molecule has 0 saturated heterocycles. The third-order valence-electron chi connectivity index (χ3n) is 5.18. The number of ether oxygens (including phenoxy) is 1. The number of carbonyl (C=O) groups is 2. The second-order valence-corrected chi connectivity index (χ2v) is 8.53. The van der Waals surface area contributed by atoms with Gasteiger partial charge in [0.15, 0.2) is 0 Å². The van der Waals surface area contributed by atoms with Gasteiger partial charge in [0.1, 0.15) is 5.75 Å². The molecule has 1 aromatic rings. The van der Waals surface area contributed by atoms with Crippen molar-refractivity contribution >= 4 is 11.9 Å². The minimum absolute atomic E-state index is 0. The van der Waals surface area contributed by atoms with Crippen molar-refractivity contribution in [3.05, 3.63) is 29.8 Å². The van der Waals surface area contributed by atoms with Gasteiger partial charge in [0.05, 0.1) is 18.6 Å². The van der Waals surface area contributed by atoms with Crippen molar-refractivity contribution in [3.63, 3.8) is 0 Å². The summed E-state index contributed by atoms with van der Waals surface area (Å²) in [5.41, 5.74) is 0.413. The SMILES string of the molecule is CCCCCCCCCCCCOc1ccc(C(=O)N[C@@H](CC(C)C)C(=O)[O-])cc1.[Na+]. The fourth-order valence-corrected chi connectivity index (χ4v) is 3.41. The van der Waals surface area contributed by atoms with Crippen molar-refractivity contribution in [2.75, 3.05) is 6.61 Å². The molecule has 1 rings (SSSR count). The molecule has 0 heterocycles. The summed E-state index contributed by atoms with van der Waals surface area (Å²) in [5, 5.41) is 13.7. The zero-order chi connectivity index (χ0) is 22.2. The van der Waals surface area contributed by atoms with E-state index in [1.807, 2.05) is 13.8 Å². The number of hydrogen-bond acceptors (Lipinski definition) is 4. The van der Waals surface area contributed by atoms with E-state index in [0.717, 1.165) is 12.2 Å². The average molecular weight is 442 g/mol. The van der Waals surface area contributed by atoms with Crippen molar-refractivity contribution in [1.29, 1.82) is 0 Å². The minimum atomic E-state index is -1.26. The van der Waals surface area contributed by atoms with Crippen LogP contribution in [0.25, 0.3) is 0 Å². The largest absolute Gasteiger partial charge is 1.00 e. The van der Waals surface area contributed by atoms with Crippen molar-refractivity contribution in [2.45, 2.75) is 97.4 Å². The maximum Gasteiger partial charge on any atom is 1.00 e. The molecule has 0 aliphatic rings. The number of unbranched alkanes of at least 4 members (excludes halogenated alkanes) is 9. The summed E-state index contributed by atoms with van der Waals surface area (Å²) in [6.07, 6.45) is 13.2. The molecule has 6 heteroatoms. The number of nitrogens with one attached hydrogen (secondary N) is 1. The molecule has 1 amide bonds. The van der Waals surface area contributed by atoms with E-state index in [2.05, 4.69) is 12.2 Å². The molecule has 0 fully saturated rings. The second kappa shape index (κ2) is 18.5. The normalized spacial score (nSPS) is 11.6. The quantitative estimate of drug-likeness (QED) is 0.296. The number of amides is 1. The molecule has 0 aliphatic heterocycles. The standard InChI is InChI=1S/C25H41NO4.Na/c1-4-5-6-7-8-9-10-11-12-13-18-30-22-16-14-21(15-17-22)24(27)26-23(25(28)29)19-20(2)3;/h14-17,20,23H,4-13,18-19H2,1-3H3,(H,26,27)(H,28,29);/q;+1/p-1/t23-;/m0./s1. The summed E-state index contributed by atoms with van der Waals surface area (Å²) in [7, 11) is 0. The van der Waals surface area contributed by atoms with E-state index in [1.165, 1.54) is 57.8 Å². The first-order valence-corrected chi connectivity index (χ1v) is 11.7. The third-order valence-corrected chi connectivity index (χ3v) is 5.18.